The summed E-state index contributed by atoms with van der Waals surface area (Å²) in [6.07, 6.45) is -3.35. The van der Waals surface area contributed by atoms with Crippen LogP contribution in [0.5, 0.6) is 0 Å². The molecule has 1 aliphatic rings. The van der Waals surface area contributed by atoms with Crippen molar-refractivity contribution in [2.24, 2.45) is 0 Å². The summed E-state index contributed by atoms with van der Waals surface area (Å²) < 4.78 is 23.1. The molecule has 1 N–H and O–H groups in total. The highest BCUT2D eigenvalue weighted by molar-refractivity contribution is 7.15. The normalized spacial score (nSPS) is 21.3. The zero-order valence-electron chi connectivity index (χ0n) is 23.7. The van der Waals surface area contributed by atoms with Crippen LogP contribution in [0.2, 0.25) is 5.02 Å². The van der Waals surface area contributed by atoms with Gasteiger partial charge >= 0.3 is 17.9 Å². The molecule has 2 aromatic carbocycles. The average molecular weight is 617 g/mol. The van der Waals surface area contributed by atoms with E-state index in [1.807, 2.05) is 31.2 Å². The Labute approximate surface area is 253 Å². The molecule has 11 heteroatoms. The molecule has 42 heavy (non-hydrogen) atoms. The summed E-state index contributed by atoms with van der Waals surface area (Å²) in [5.41, 5.74) is 2.73. The van der Waals surface area contributed by atoms with Crippen LogP contribution in [0, 0.1) is 0 Å². The first-order chi connectivity index (χ1) is 20.1. The number of carboxylic acid groups (broad SMARTS) is 1. The van der Waals surface area contributed by atoms with E-state index in [0.29, 0.717) is 23.4 Å². The van der Waals surface area contributed by atoms with E-state index < -0.39 is 48.4 Å². The molecule has 0 spiro atoms. The van der Waals surface area contributed by atoms with Gasteiger partial charge in [-0.2, -0.15) is 0 Å². The van der Waals surface area contributed by atoms with Crippen LogP contribution in [-0.2, 0) is 44.5 Å². The molecule has 1 saturated heterocycles. The molecule has 0 amide bonds. The van der Waals surface area contributed by atoms with Gasteiger partial charge in [0.2, 0.25) is 0 Å². The van der Waals surface area contributed by atoms with Crippen molar-refractivity contribution in [3.05, 3.63) is 81.7 Å². The molecular weight excluding hydrogens is 584 g/mol. The first kappa shape index (κ1) is 32.8. The highest BCUT2D eigenvalue weighted by atomic mass is 35.5. The highest BCUT2D eigenvalue weighted by Gasteiger charge is 2.51. The number of halogens is 1. The zero-order chi connectivity index (χ0) is 30.8. The Balaban J connectivity index is 0.00000155. The highest BCUT2D eigenvalue weighted by Crippen LogP contribution is 2.40. The third kappa shape index (κ3) is 8.64. The van der Waals surface area contributed by atoms with Crippen LogP contribution < -0.4 is 0 Å². The van der Waals surface area contributed by atoms with E-state index in [0.717, 1.165) is 20.9 Å². The van der Waals surface area contributed by atoms with Crippen molar-refractivity contribution in [2.45, 2.75) is 71.1 Å². The Morgan fingerprint density at radius 3 is 2.10 bits per heavy atom. The monoisotopic (exact) mass is 616 g/mol. The van der Waals surface area contributed by atoms with Crippen LogP contribution in [-0.4, -0.2) is 53.9 Å². The van der Waals surface area contributed by atoms with Crippen molar-refractivity contribution in [1.82, 2.24) is 0 Å². The summed E-state index contributed by atoms with van der Waals surface area (Å²) >= 11 is 8.31. The number of ether oxygens (including phenoxy) is 4. The molecule has 1 unspecified atom stereocenters. The molecule has 0 bridgehead atoms. The molecule has 1 fully saturated rings. The lowest BCUT2D eigenvalue weighted by Gasteiger charge is -2.44. The molecule has 1 aromatic heterocycles. The predicted octanol–water partition coefficient (Wildman–Crippen LogP) is 6.01. The van der Waals surface area contributed by atoms with Gasteiger partial charge in [0.15, 0.2) is 18.3 Å². The third-order valence-electron chi connectivity index (χ3n) is 6.43. The van der Waals surface area contributed by atoms with Gasteiger partial charge in [-0.1, -0.05) is 61.0 Å². The minimum atomic E-state index is -1.05. The van der Waals surface area contributed by atoms with Crippen LogP contribution in [0.1, 0.15) is 56.2 Å². The van der Waals surface area contributed by atoms with E-state index in [9.17, 15) is 14.4 Å². The van der Waals surface area contributed by atoms with Crippen molar-refractivity contribution >= 4 is 47.3 Å². The number of carbonyl (C=O) groups is 4. The summed E-state index contributed by atoms with van der Waals surface area (Å²) in [6.45, 7) is 5.42. The lowest BCUT2D eigenvalue weighted by molar-refractivity contribution is -0.249. The third-order valence-corrected chi connectivity index (χ3v) is 7.93. The fourth-order valence-corrected chi connectivity index (χ4v) is 6.04. The second-order valence-corrected chi connectivity index (χ2v) is 11.1. The molecular formula is C31H33ClO9S. The number of benzene rings is 2. The Morgan fingerprint density at radius 1 is 0.905 bits per heavy atom. The SMILES string of the molecule is CC[C@H]1OC(c2ccc(Cl)c(Cc3ccc(-c4ccccc4)s3)c2)[C@H](OC(C)=O)[C@@H](OC(C)=O)[C@@H]1OC(C)=O.O=CO. The van der Waals surface area contributed by atoms with Gasteiger partial charge in [0.1, 0.15) is 6.10 Å². The van der Waals surface area contributed by atoms with Gasteiger partial charge in [0.05, 0.1) is 6.10 Å². The Morgan fingerprint density at radius 2 is 1.50 bits per heavy atom. The predicted molar refractivity (Wildman–Crippen MR) is 157 cm³/mol. The molecule has 0 radical (unpaired) electrons. The maximum atomic E-state index is 12.1. The first-order valence-corrected chi connectivity index (χ1v) is 14.4. The number of hydrogen-bond acceptors (Lipinski definition) is 9. The first-order valence-electron chi connectivity index (χ1n) is 13.2. The van der Waals surface area contributed by atoms with Gasteiger partial charge in [-0.05, 0) is 41.3 Å². The molecule has 9 nitrogen and oxygen atoms in total. The van der Waals surface area contributed by atoms with Gasteiger partial charge in [0.25, 0.3) is 6.47 Å². The summed E-state index contributed by atoms with van der Waals surface area (Å²) in [5, 5.41) is 7.48. The quantitative estimate of drug-likeness (QED) is 0.184. The second kappa shape index (κ2) is 15.5. The van der Waals surface area contributed by atoms with Crippen LogP contribution in [0.15, 0.2) is 60.7 Å². The molecule has 224 valence electrons. The topological polar surface area (TPSA) is 125 Å². The molecule has 5 atom stereocenters. The van der Waals surface area contributed by atoms with Gasteiger partial charge in [0, 0.05) is 42.0 Å². The maximum absolute atomic E-state index is 12.1. The summed E-state index contributed by atoms with van der Waals surface area (Å²) in [7, 11) is 0. The molecule has 2 heterocycles. The van der Waals surface area contributed by atoms with E-state index >= 15 is 0 Å². The fourth-order valence-electron chi connectivity index (χ4n) is 4.82. The van der Waals surface area contributed by atoms with E-state index in [-0.39, 0.29) is 6.47 Å². The minimum Gasteiger partial charge on any atom is -0.483 e. The van der Waals surface area contributed by atoms with E-state index in [4.69, 9.17) is 40.4 Å². The van der Waals surface area contributed by atoms with Crippen molar-refractivity contribution < 1.29 is 43.2 Å². The molecule has 1 aliphatic heterocycles. The second-order valence-electron chi connectivity index (χ2n) is 9.49. The van der Waals surface area contributed by atoms with Gasteiger partial charge in [-0.25, -0.2) is 0 Å². The number of hydrogen-bond donors (Lipinski definition) is 1. The zero-order valence-corrected chi connectivity index (χ0v) is 25.2. The molecule has 4 rings (SSSR count). The van der Waals surface area contributed by atoms with Gasteiger partial charge in [-0.3, -0.25) is 19.2 Å². The molecule has 0 saturated carbocycles. The van der Waals surface area contributed by atoms with Crippen molar-refractivity contribution in [3.8, 4) is 10.4 Å². The van der Waals surface area contributed by atoms with E-state index in [1.165, 1.54) is 20.8 Å². The van der Waals surface area contributed by atoms with Crippen LogP contribution in [0.3, 0.4) is 0 Å². The maximum Gasteiger partial charge on any atom is 0.303 e. The van der Waals surface area contributed by atoms with Gasteiger partial charge < -0.3 is 24.1 Å². The Kier molecular flexibility index (Phi) is 12.1. The standard InChI is InChI=1S/C30H31ClO7S.CH2O2/c1-5-25-28(35-17(2)32)30(37-19(4)34)29(36-18(3)33)27(38-25)21-11-13-24(31)22(15-21)16-23-12-14-26(39-23)20-9-7-6-8-10-20;2-1-3/h6-15,25,27-30H,5,16H2,1-4H3;1H,(H,2,3)/t25-,27?,28-,29+,30+;/m1./s1. The summed E-state index contributed by atoms with van der Waals surface area (Å²) in [6, 6.07) is 19.9. The Bertz CT molecular complexity index is 1370. The van der Waals surface area contributed by atoms with E-state index in [2.05, 4.69) is 24.3 Å². The van der Waals surface area contributed by atoms with Gasteiger partial charge in [-0.15, -0.1) is 11.3 Å². The number of rotatable bonds is 8. The number of carbonyl (C=O) groups excluding carboxylic acids is 3. The van der Waals surface area contributed by atoms with Crippen LogP contribution >= 0.6 is 22.9 Å². The van der Waals surface area contributed by atoms with Crippen molar-refractivity contribution in [3.63, 3.8) is 0 Å². The van der Waals surface area contributed by atoms with Crippen molar-refractivity contribution in [1.29, 1.82) is 0 Å². The van der Waals surface area contributed by atoms with Crippen LogP contribution in [0.25, 0.3) is 10.4 Å². The number of thiophene rings is 1. The fraction of sp³-hybridized carbons (Fsp3) is 0.355. The summed E-state index contributed by atoms with van der Waals surface area (Å²) in [4.78, 5) is 46.7. The van der Waals surface area contributed by atoms with E-state index in [1.54, 1.807) is 23.5 Å². The average Bonchev–Trinajstić information content (AvgIpc) is 3.41. The number of esters is 3. The minimum absolute atomic E-state index is 0.250. The Hall–Kier alpha value is -3.73. The molecule has 0 aliphatic carbocycles. The van der Waals surface area contributed by atoms with Crippen molar-refractivity contribution in [2.75, 3.05) is 0 Å². The van der Waals surface area contributed by atoms with Crippen LogP contribution in [0.4, 0.5) is 0 Å². The molecule has 3 aromatic rings. The lowest BCUT2D eigenvalue weighted by atomic mass is 9.88. The summed E-state index contributed by atoms with van der Waals surface area (Å²) in [5.74, 6) is -1.73. The smallest absolute Gasteiger partial charge is 0.303 e. The largest absolute Gasteiger partial charge is 0.483 e. The lowest BCUT2D eigenvalue weighted by Crippen LogP contribution is -2.58.